The number of carbonyl (C=O) groups excluding carboxylic acids is 2. The van der Waals surface area contributed by atoms with Gasteiger partial charge in [0, 0.05) is 36.1 Å². The average Bonchev–Trinajstić information content (AvgIpc) is 2.72. The zero-order valence-electron chi connectivity index (χ0n) is 18.0. The van der Waals surface area contributed by atoms with Crippen LogP contribution in [0, 0.1) is 5.92 Å². The summed E-state index contributed by atoms with van der Waals surface area (Å²) < 4.78 is 5.67. The maximum atomic E-state index is 12.8. The first kappa shape index (κ1) is 21.7. The van der Waals surface area contributed by atoms with Crippen molar-refractivity contribution >= 4 is 23.2 Å². The number of hydrogen-bond donors (Lipinski definition) is 2. The van der Waals surface area contributed by atoms with Crippen LogP contribution in [0.4, 0.5) is 11.4 Å². The lowest BCUT2D eigenvalue weighted by molar-refractivity contribution is -0.114. The molecule has 0 spiro atoms. The summed E-state index contributed by atoms with van der Waals surface area (Å²) >= 11 is 0. The van der Waals surface area contributed by atoms with Crippen molar-refractivity contribution in [1.29, 1.82) is 0 Å². The number of hydrogen-bond acceptors (Lipinski definition) is 4. The van der Waals surface area contributed by atoms with Crippen molar-refractivity contribution in [1.82, 2.24) is 4.90 Å². The predicted molar refractivity (Wildman–Crippen MR) is 120 cm³/mol. The van der Waals surface area contributed by atoms with E-state index in [1.807, 2.05) is 43.0 Å². The van der Waals surface area contributed by atoms with Gasteiger partial charge in [-0.25, -0.2) is 0 Å². The van der Waals surface area contributed by atoms with Crippen LogP contribution in [0.15, 0.2) is 48.5 Å². The summed E-state index contributed by atoms with van der Waals surface area (Å²) in [6.45, 7) is 7.86. The normalized spacial score (nSPS) is 14.5. The molecule has 1 fully saturated rings. The Hall–Kier alpha value is -3.02. The van der Waals surface area contributed by atoms with Crippen LogP contribution in [0.5, 0.6) is 5.75 Å². The molecule has 1 saturated heterocycles. The fourth-order valence-corrected chi connectivity index (χ4v) is 3.46. The van der Waals surface area contributed by atoms with E-state index in [2.05, 4.69) is 17.6 Å². The lowest BCUT2D eigenvalue weighted by atomic mass is 9.98. The van der Waals surface area contributed by atoms with Crippen LogP contribution in [0.2, 0.25) is 0 Å². The minimum atomic E-state index is -0.179. The number of nitrogens with one attached hydrogen (secondary N) is 2. The average molecular weight is 410 g/mol. The first-order valence-corrected chi connectivity index (χ1v) is 10.6. The third kappa shape index (κ3) is 6.24. The Labute approximate surface area is 178 Å². The van der Waals surface area contributed by atoms with Gasteiger partial charge in [-0.1, -0.05) is 19.1 Å². The van der Waals surface area contributed by atoms with Gasteiger partial charge in [0.05, 0.1) is 12.6 Å². The van der Waals surface area contributed by atoms with Crippen molar-refractivity contribution in [3.05, 3.63) is 54.1 Å². The predicted octanol–water partition coefficient (Wildman–Crippen LogP) is 4.40. The molecule has 2 aromatic rings. The molecule has 0 aromatic heterocycles. The quantitative estimate of drug-likeness (QED) is 0.711. The molecule has 160 valence electrons. The van der Waals surface area contributed by atoms with Gasteiger partial charge in [0.25, 0.3) is 5.91 Å². The summed E-state index contributed by atoms with van der Waals surface area (Å²) in [5.41, 5.74) is 2.04. The van der Waals surface area contributed by atoms with Crippen molar-refractivity contribution in [2.24, 2.45) is 5.92 Å². The molecule has 2 amide bonds. The van der Waals surface area contributed by atoms with Gasteiger partial charge < -0.3 is 20.3 Å². The Kier molecular flexibility index (Phi) is 7.33. The van der Waals surface area contributed by atoms with Crippen LogP contribution in [0.1, 0.15) is 44.0 Å². The van der Waals surface area contributed by atoms with E-state index in [4.69, 9.17) is 4.74 Å². The van der Waals surface area contributed by atoms with Gasteiger partial charge in [-0.15, -0.1) is 0 Å². The molecule has 1 aliphatic rings. The van der Waals surface area contributed by atoms with Crippen molar-refractivity contribution in [3.63, 3.8) is 0 Å². The molecule has 0 unspecified atom stereocenters. The zero-order valence-corrected chi connectivity index (χ0v) is 18.0. The fraction of sp³-hybridized carbons (Fsp3) is 0.417. The fourth-order valence-electron chi connectivity index (χ4n) is 3.46. The lowest BCUT2D eigenvalue weighted by Gasteiger charge is -2.30. The number of likely N-dealkylation sites (tertiary alicyclic amines) is 1. The number of rotatable bonds is 7. The summed E-state index contributed by atoms with van der Waals surface area (Å²) in [6.07, 6.45) is 2.17. The van der Waals surface area contributed by atoms with Gasteiger partial charge in [-0.3, -0.25) is 9.59 Å². The van der Waals surface area contributed by atoms with Crippen molar-refractivity contribution in [2.45, 2.75) is 39.7 Å². The van der Waals surface area contributed by atoms with Gasteiger partial charge >= 0.3 is 0 Å². The second-order valence-electron chi connectivity index (χ2n) is 8.15. The topological polar surface area (TPSA) is 70.7 Å². The number of ether oxygens (including phenoxy) is 1. The zero-order chi connectivity index (χ0) is 21.5. The van der Waals surface area contributed by atoms with Crippen LogP contribution < -0.4 is 15.4 Å². The van der Waals surface area contributed by atoms with E-state index >= 15 is 0 Å². The molecule has 0 bridgehead atoms. The van der Waals surface area contributed by atoms with Crippen LogP contribution in [0.25, 0.3) is 0 Å². The number of carbonyl (C=O) groups is 2. The summed E-state index contributed by atoms with van der Waals surface area (Å²) in [6, 6.07) is 14.7. The van der Waals surface area contributed by atoms with Gasteiger partial charge in [0.2, 0.25) is 5.91 Å². The first-order valence-electron chi connectivity index (χ1n) is 10.6. The van der Waals surface area contributed by atoms with Crippen molar-refractivity contribution in [2.75, 3.05) is 30.3 Å². The van der Waals surface area contributed by atoms with E-state index in [0.29, 0.717) is 17.2 Å². The van der Waals surface area contributed by atoms with Crippen LogP contribution in [-0.4, -0.2) is 42.5 Å². The molecule has 1 heterocycles. The van der Waals surface area contributed by atoms with E-state index in [1.165, 1.54) is 0 Å². The maximum Gasteiger partial charge on any atom is 0.253 e. The second kappa shape index (κ2) is 10.1. The van der Waals surface area contributed by atoms with Crippen LogP contribution in [-0.2, 0) is 4.79 Å². The molecule has 0 saturated carbocycles. The Bertz CT molecular complexity index is 874. The Balaban J connectivity index is 1.54. The monoisotopic (exact) mass is 409 g/mol. The number of benzene rings is 2. The summed E-state index contributed by atoms with van der Waals surface area (Å²) in [4.78, 5) is 27.0. The number of piperidine rings is 1. The molecule has 3 rings (SSSR count). The Morgan fingerprint density at radius 1 is 1.07 bits per heavy atom. The molecule has 0 aliphatic carbocycles. The minimum Gasteiger partial charge on any atom is -0.491 e. The molecule has 2 aromatic carbocycles. The van der Waals surface area contributed by atoms with Crippen LogP contribution >= 0.6 is 0 Å². The largest absolute Gasteiger partial charge is 0.491 e. The SMILES string of the molecule is CC1CCN(C(=O)c2cccc(NC(=O)CNc3cccc(OC(C)C)c3)c2)CC1. The minimum absolute atomic E-state index is 0.0260. The molecule has 30 heavy (non-hydrogen) atoms. The van der Waals surface area contributed by atoms with Gasteiger partial charge in [-0.2, -0.15) is 0 Å². The van der Waals surface area contributed by atoms with Crippen molar-refractivity contribution < 1.29 is 14.3 Å². The molecule has 1 aliphatic heterocycles. The smallest absolute Gasteiger partial charge is 0.253 e. The molecule has 2 N–H and O–H groups in total. The van der Waals surface area contributed by atoms with Gasteiger partial charge in [0.15, 0.2) is 0 Å². The van der Waals surface area contributed by atoms with Crippen LogP contribution in [0.3, 0.4) is 0 Å². The highest BCUT2D eigenvalue weighted by Crippen LogP contribution is 2.20. The molecule has 0 atom stereocenters. The Morgan fingerprint density at radius 3 is 2.50 bits per heavy atom. The molecular weight excluding hydrogens is 378 g/mol. The third-order valence-corrected chi connectivity index (χ3v) is 5.12. The second-order valence-corrected chi connectivity index (χ2v) is 8.15. The standard InChI is InChI=1S/C24H31N3O3/c1-17(2)30-22-9-5-7-20(15-22)25-16-23(28)26-21-8-4-6-19(14-21)24(29)27-12-10-18(3)11-13-27/h4-9,14-15,17-18,25H,10-13,16H2,1-3H3,(H,26,28). The summed E-state index contributed by atoms with van der Waals surface area (Å²) in [7, 11) is 0. The highest BCUT2D eigenvalue weighted by molar-refractivity contribution is 5.98. The van der Waals surface area contributed by atoms with E-state index in [-0.39, 0.29) is 24.5 Å². The summed E-state index contributed by atoms with van der Waals surface area (Å²) in [5.74, 6) is 1.28. The lowest BCUT2D eigenvalue weighted by Crippen LogP contribution is -2.37. The number of anilines is 2. The number of amides is 2. The summed E-state index contributed by atoms with van der Waals surface area (Å²) in [5, 5.41) is 5.97. The highest BCUT2D eigenvalue weighted by Gasteiger charge is 2.21. The third-order valence-electron chi connectivity index (χ3n) is 5.12. The van der Waals surface area contributed by atoms with E-state index < -0.39 is 0 Å². The molecule has 0 radical (unpaired) electrons. The first-order chi connectivity index (χ1) is 14.4. The maximum absolute atomic E-state index is 12.8. The van der Waals surface area contributed by atoms with E-state index in [0.717, 1.165) is 37.4 Å². The number of nitrogens with zero attached hydrogens (tertiary/aromatic N) is 1. The molecular formula is C24H31N3O3. The van der Waals surface area contributed by atoms with Crippen molar-refractivity contribution in [3.8, 4) is 5.75 Å². The molecule has 6 nitrogen and oxygen atoms in total. The van der Waals surface area contributed by atoms with Gasteiger partial charge in [-0.05, 0) is 62.9 Å². The van der Waals surface area contributed by atoms with E-state index in [9.17, 15) is 9.59 Å². The highest BCUT2D eigenvalue weighted by atomic mass is 16.5. The molecule has 6 heteroatoms. The Morgan fingerprint density at radius 2 is 1.77 bits per heavy atom. The van der Waals surface area contributed by atoms with Gasteiger partial charge in [0.1, 0.15) is 5.75 Å². The van der Waals surface area contributed by atoms with E-state index in [1.54, 1.807) is 24.3 Å².